The molecule has 0 aromatic heterocycles. The van der Waals surface area contributed by atoms with Crippen molar-refractivity contribution in [3.05, 3.63) is 77.9 Å². The Balaban J connectivity index is 1.31. The molecule has 2 saturated heterocycles. The highest BCUT2D eigenvalue weighted by Crippen LogP contribution is 2.36. The van der Waals surface area contributed by atoms with Crippen molar-refractivity contribution in [2.75, 3.05) is 38.2 Å². The van der Waals surface area contributed by atoms with Gasteiger partial charge in [0.2, 0.25) is 17.7 Å². The quantitative estimate of drug-likeness (QED) is 0.437. The Bertz CT molecular complexity index is 1340. The number of rotatable bonds is 5. The first-order valence-electron chi connectivity index (χ1n) is 15.2. The van der Waals surface area contributed by atoms with Crippen LogP contribution in [-0.4, -0.2) is 67.6 Å². The third-order valence-electron chi connectivity index (χ3n) is 8.97. The number of amides is 3. The number of likely N-dealkylation sites (tertiary alicyclic amines) is 1. The number of hydrogen-bond donors (Lipinski definition) is 3. The van der Waals surface area contributed by atoms with Gasteiger partial charge in [-0.1, -0.05) is 54.6 Å². The fourth-order valence-corrected chi connectivity index (χ4v) is 6.43. The summed E-state index contributed by atoms with van der Waals surface area (Å²) in [6.07, 6.45) is 2.69. The average molecular weight is 613 g/mol. The summed E-state index contributed by atoms with van der Waals surface area (Å²) in [6, 6.07) is 13.6. The van der Waals surface area contributed by atoms with Crippen LogP contribution >= 0.6 is 0 Å². The number of ether oxygens (including phenoxy) is 1. The van der Waals surface area contributed by atoms with Gasteiger partial charge in [0.15, 0.2) is 0 Å². The van der Waals surface area contributed by atoms with E-state index in [1.165, 1.54) is 18.2 Å². The van der Waals surface area contributed by atoms with Crippen LogP contribution in [0.1, 0.15) is 43.2 Å². The molecular weight excluding hydrogens is 573 g/mol. The number of para-hydroxylation sites is 1. The predicted molar refractivity (Wildman–Crippen MR) is 159 cm³/mol. The number of hydrogen-bond acceptors (Lipinski definition) is 5. The molecule has 3 heterocycles. The summed E-state index contributed by atoms with van der Waals surface area (Å²) < 4.78 is 45.8. The maximum atomic E-state index is 13.7. The molecule has 3 aliphatic heterocycles. The summed E-state index contributed by atoms with van der Waals surface area (Å²) in [4.78, 5) is 42.2. The zero-order chi connectivity index (χ0) is 31.2. The molecule has 2 aromatic carbocycles. The van der Waals surface area contributed by atoms with Crippen LogP contribution in [0.2, 0.25) is 0 Å². The van der Waals surface area contributed by atoms with E-state index < -0.39 is 29.1 Å². The minimum Gasteiger partial charge on any atom is -0.381 e. The van der Waals surface area contributed by atoms with Gasteiger partial charge in [0, 0.05) is 38.8 Å². The number of carbonyl (C=O) groups is 3. The molecule has 5 rings (SSSR count). The smallest absolute Gasteiger partial charge is 0.381 e. The van der Waals surface area contributed by atoms with E-state index in [-0.39, 0.29) is 36.0 Å². The zero-order valence-electron chi connectivity index (χ0n) is 24.6. The number of allylic oxidation sites excluding steroid dienone is 2. The Morgan fingerprint density at radius 3 is 2.48 bits per heavy atom. The Kier molecular flexibility index (Phi) is 10.1. The lowest BCUT2D eigenvalue weighted by molar-refractivity contribution is -0.140. The predicted octanol–water partition coefficient (Wildman–Crippen LogP) is 4.32. The van der Waals surface area contributed by atoms with Gasteiger partial charge in [-0.15, -0.1) is 0 Å². The Labute approximate surface area is 255 Å². The van der Waals surface area contributed by atoms with E-state index >= 15 is 0 Å². The van der Waals surface area contributed by atoms with E-state index in [0.29, 0.717) is 64.8 Å². The van der Waals surface area contributed by atoms with Crippen molar-refractivity contribution in [3.63, 3.8) is 0 Å². The van der Waals surface area contributed by atoms with Crippen LogP contribution in [-0.2, 0) is 31.7 Å². The van der Waals surface area contributed by atoms with E-state index in [4.69, 9.17) is 4.74 Å². The van der Waals surface area contributed by atoms with Gasteiger partial charge in [0.1, 0.15) is 6.04 Å². The van der Waals surface area contributed by atoms with Crippen molar-refractivity contribution in [1.82, 2.24) is 15.5 Å². The minimum atomic E-state index is -4.58. The van der Waals surface area contributed by atoms with Crippen molar-refractivity contribution in [2.24, 2.45) is 11.3 Å². The second-order valence-electron chi connectivity index (χ2n) is 12.0. The highest BCUT2D eigenvalue weighted by Gasteiger charge is 2.42. The summed E-state index contributed by atoms with van der Waals surface area (Å²) in [5, 5.41) is 8.70. The molecule has 0 bridgehead atoms. The van der Waals surface area contributed by atoms with E-state index in [9.17, 15) is 27.6 Å². The number of benzene rings is 2. The van der Waals surface area contributed by atoms with Gasteiger partial charge in [-0.05, 0) is 55.7 Å². The highest BCUT2D eigenvalue weighted by molar-refractivity contribution is 5.93. The molecule has 0 aliphatic carbocycles. The van der Waals surface area contributed by atoms with Crippen LogP contribution in [0.3, 0.4) is 0 Å². The van der Waals surface area contributed by atoms with Crippen LogP contribution in [0.25, 0.3) is 0 Å². The number of alkyl halides is 3. The van der Waals surface area contributed by atoms with Gasteiger partial charge in [-0.2, -0.15) is 13.2 Å². The molecule has 3 atom stereocenters. The molecule has 44 heavy (non-hydrogen) atoms. The monoisotopic (exact) mass is 612 g/mol. The SMILES string of the molecule is O=C(CN1CC[C@@H]2NC(=O)[C@H](Cc3ccccc3)NC(=O)C3(CC=CC[C@H]2C1)CCOCC3)Nc1ccccc1C(F)(F)F. The average Bonchev–Trinajstić information content (AvgIpc) is 3.00. The standard InChI is InChI=1S/C33H39F3N4O4/c34-33(35,36)25-11-4-5-12-27(25)37-29(41)22-40-17-13-26-24(21-40)10-6-7-14-32(15-18-44-19-16-32)31(43)39-28(30(42)38-26)20-23-8-2-1-3-9-23/h1-9,11-12,24,26,28H,10,13-22H2,(H,37,41)(H,38,42)(H,39,43)/t24-,26-,28-/m0/s1. The van der Waals surface area contributed by atoms with E-state index in [1.807, 2.05) is 47.4 Å². The third kappa shape index (κ3) is 7.87. The number of piperidine rings is 1. The van der Waals surface area contributed by atoms with Gasteiger partial charge in [-0.25, -0.2) is 0 Å². The molecule has 3 aliphatic rings. The van der Waals surface area contributed by atoms with Gasteiger partial charge in [-0.3, -0.25) is 19.3 Å². The molecule has 236 valence electrons. The lowest BCUT2D eigenvalue weighted by Crippen LogP contribution is -2.58. The number of fused-ring (bicyclic) bond motifs is 1. The highest BCUT2D eigenvalue weighted by atomic mass is 19.4. The number of carbonyl (C=O) groups excluding carboxylic acids is 3. The normalized spacial score (nSPS) is 24.8. The molecule has 2 aromatic rings. The molecule has 0 radical (unpaired) electrons. The number of anilines is 1. The van der Waals surface area contributed by atoms with Crippen molar-refractivity contribution >= 4 is 23.4 Å². The van der Waals surface area contributed by atoms with Crippen molar-refractivity contribution in [2.45, 2.75) is 56.8 Å². The van der Waals surface area contributed by atoms with Crippen molar-refractivity contribution < 1.29 is 32.3 Å². The number of nitrogens with zero attached hydrogens (tertiary/aromatic N) is 1. The summed E-state index contributed by atoms with van der Waals surface area (Å²) in [7, 11) is 0. The number of nitrogens with one attached hydrogen (secondary N) is 3. The van der Waals surface area contributed by atoms with E-state index in [1.54, 1.807) is 0 Å². The zero-order valence-corrected chi connectivity index (χ0v) is 24.6. The Morgan fingerprint density at radius 2 is 1.73 bits per heavy atom. The van der Waals surface area contributed by atoms with Crippen LogP contribution in [0.5, 0.6) is 0 Å². The van der Waals surface area contributed by atoms with Gasteiger partial charge >= 0.3 is 6.18 Å². The largest absolute Gasteiger partial charge is 0.418 e. The molecule has 3 amide bonds. The van der Waals surface area contributed by atoms with Crippen molar-refractivity contribution in [3.8, 4) is 0 Å². The maximum absolute atomic E-state index is 13.7. The van der Waals surface area contributed by atoms with Crippen LogP contribution in [0.4, 0.5) is 18.9 Å². The van der Waals surface area contributed by atoms with Gasteiger partial charge < -0.3 is 20.7 Å². The van der Waals surface area contributed by atoms with Gasteiger partial charge in [0.25, 0.3) is 0 Å². The molecular formula is C33H39F3N4O4. The van der Waals surface area contributed by atoms with Crippen LogP contribution in [0.15, 0.2) is 66.7 Å². The molecule has 11 heteroatoms. The first-order valence-corrected chi connectivity index (χ1v) is 15.2. The third-order valence-corrected chi connectivity index (χ3v) is 8.97. The lowest BCUT2D eigenvalue weighted by Gasteiger charge is -2.40. The molecule has 8 nitrogen and oxygen atoms in total. The summed E-state index contributed by atoms with van der Waals surface area (Å²) in [5.41, 5.74) is -0.884. The maximum Gasteiger partial charge on any atom is 0.418 e. The minimum absolute atomic E-state index is 0.0302. The molecule has 1 spiro atoms. The second kappa shape index (κ2) is 13.9. The van der Waals surface area contributed by atoms with Crippen LogP contribution in [0, 0.1) is 11.3 Å². The van der Waals surface area contributed by atoms with Crippen LogP contribution < -0.4 is 16.0 Å². The molecule has 2 fully saturated rings. The lowest BCUT2D eigenvalue weighted by atomic mass is 9.75. The Hall–Kier alpha value is -3.70. The Morgan fingerprint density at radius 1 is 1.00 bits per heavy atom. The fourth-order valence-electron chi connectivity index (χ4n) is 6.43. The van der Waals surface area contributed by atoms with Gasteiger partial charge in [0.05, 0.1) is 23.2 Å². The second-order valence-corrected chi connectivity index (χ2v) is 12.0. The summed E-state index contributed by atoms with van der Waals surface area (Å²) >= 11 is 0. The number of halogens is 3. The molecule has 0 saturated carbocycles. The summed E-state index contributed by atoms with van der Waals surface area (Å²) in [5.74, 6) is -0.942. The molecule has 0 unspecified atom stereocenters. The van der Waals surface area contributed by atoms with Crippen molar-refractivity contribution in [1.29, 1.82) is 0 Å². The summed E-state index contributed by atoms with van der Waals surface area (Å²) in [6.45, 7) is 1.86. The molecule has 3 N–H and O–H groups in total. The first-order chi connectivity index (χ1) is 21.1. The van der Waals surface area contributed by atoms with E-state index in [0.717, 1.165) is 11.6 Å². The fraction of sp³-hybridized carbons (Fsp3) is 0.485. The topological polar surface area (TPSA) is 99.8 Å². The first kappa shape index (κ1) is 31.7. The van der Waals surface area contributed by atoms with E-state index in [2.05, 4.69) is 16.0 Å².